The summed E-state index contributed by atoms with van der Waals surface area (Å²) >= 11 is 0. The van der Waals surface area contributed by atoms with Crippen LogP contribution in [-0.4, -0.2) is 10.2 Å². The van der Waals surface area contributed by atoms with Crippen LogP contribution in [0.15, 0.2) is 0 Å². The molecule has 3 N–H and O–H groups in total. The first-order chi connectivity index (χ1) is 8.90. The molecule has 9 heteroatoms. The van der Waals surface area contributed by atoms with Gasteiger partial charge in [0, 0.05) is 0 Å². The van der Waals surface area contributed by atoms with Crippen LogP contribution in [0.4, 0.5) is 27.8 Å². The Labute approximate surface area is 102 Å². The Morgan fingerprint density at radius 1 is 0.947 bits per heavy atom. The number of nitriles is 1. The van der Waals surface area contributed by atoms with Gasteiger partial charge in [-0.2, -0.15) is 10.4 Å². The number of hydrogen-bond acceptors (Lipinski definition) is 3. The number of aromatic amines is 1. The van der Waals surface area contributed by atoms with E-state index in [-0.39, 0.29) is 0 Å². The maximum Gasteiger partial charge on any atom is 0.200 e. The highest BCUT2D eigenvalue weighted by Crippen LogP contribution is 2.33. The van der Waals surface area contributed by atoms with Crippen molar-refractivity contribution in [3.63, 3.8) is 0 Å². The van der Waals surface area contributed by atoms with Gasteiger partial charge in [-0.05, 0) is 0 Å². The minimum atomic E-state index is -2.29. The maximum atomic E-state index is 13.5. The maximum absolute atomic E-state index is 13.5. The molecule has 19 heavy (non-hydrogen) atoms. The van der Waals surface area contributed by atoms with Gasteiger partial charge < -0.3 is 5.73 Å². The second-order valence-electron chi connectivity index (χ2n) is 3.42. The van der Waals surface area contributed by atoms with E-state index >= 15 is 0 Å². The van der Waals surface area contributed by atoms with Crippen LogP contribution in [-0.2, 0) is 0 Å². The molecule has 0 radical (unpaired) electrons. The van der Waals surface area contributed by atoms with Crippen LogP contribution in [0.25, 0.3) is 11.3 Å². The molecule has 1 heterocycles. The van der Waals surface area contributed by atoms with Gasteiger partial charge in [-0.25, -0.2) is 22.0 Å². The molecule has 0 unspecified atom stereocenters. The Balaban J connectivity index is 2.88. The zero-order valence-electron chi connectivity index (χ0n) is 8.86. The van der Waals surface area contributed by atoms with Crippen molar-refractivity contribution in [2.24, 2.45) is 0 Å². The molecule has 2 aromatic rings. The van der Waals surface area contributed by atoms with E-state index in [1.165, 1.54) is 6.07 Å². The van der Waals surface area contributed by atoms with E-state index < -0.39 is 51.7 Å². The molecule has 0 fully saturated rings. The van der Waals surface area contributed by atoms with Crippen molar-refractivity contribution in [3.8, 4) is 17.3 Å². The number of aromatic nitrogens is 2. The molecule has 4 nitrogen and oxygen atoms in total. The average Bonchev–Trinajstić information content (AvgIpc) is 2.75. The molecule has 0 bridgehead atoms. The van der Waals surface area contributed by atoms with Crippen LogP contribution in [0, 0.1) is 40.4 Å². The predicted octanol–water partition coefficient (Wildman–Crippen LogP) is 2.23. The van der Waals surface area contributed by atoms with Crippen LogP contribution < -0.4 is 5.73 Å². The molecular formula is C10H3F5N4. The molecule has 0 atom stereocenters. The zero-order chi connectivity index (χ0) is 14.3. The smallest absolute Gasteiger partial charge is 0.200 e. The van der Waals surface area contributed by atoms with Gasteiger partial charge in [0.15, 0.2) is 29.1 Å². The number of hydrogen-bond donors (Lipinski definition) is 2. The number of halogens is 5. The van der Waals surface area contributed by atoms with Gasteiger partial charge in [0.25, 0.3) is 0 Å². The van der Waals surface area contributed by atoms with Crippen LogP contribution in [0.1, 0.15) is 5.56 Å². The first-order valence-electron chi connectivity index (χ1n) is 4.65. The molecule has 0 aliphatic rings. The van der Waals surface area contributed by atoms with Crippen molar-refractivity contribution in [1.29, 1.82) is 5.26 Å². The lowest BCUT2D eigenvalue weighted by Crippen LogP contribution is -2.05. The van der Waals surface area contributed by atoms with E-state index in [2.05, 4.69) is 5.10 Å². The summed E-state index contributed by atoms with van der Waals surface area (Å²) in [5.74, 6) is -11.1. The van der Waals surface area contributed by atoms with Gasteiger partial charge in [-0.15, -0.1) is 0 Å². The summed E-state index contributed by atoms with van der Waals surface area (Å²) < 4.78 is 65.9. The Morgan fingerprint density at radius 3 is 1.89 bits per heavy atom. The molecule has 0 aliphatic heterocycles. The molecule has 0 saturated carbocycles. The van der Waals surface area contributed by atoms with Crippen molar-refractivity contribution < 1.29 is 22.0 Å². The summed E-state index contributed by atoms with van der Waals surface area (Å²) in [5, 5.41) is 14.0. The lowest BCUT2D eigenvalue weighted by atomic mass is 10.1. The lowest BCUT2D eigenvalue weighted by molar-refractivity contribution is 0.381. The Hall–Kier alpha value is -2.63. The summed E-state index contributed by atoms with van der Waals surface area (Å²) in [6.07, 6.45) is 0. The molecule has 0 aliphatic carbocycles. The average molecular weight is 274 g/mol. The number of nitrogens with zero attached hydrogens (tertiary/aromatic N) is 2. The number of rotatable bonds is 1. The fourth-order valence-corrected chi connectivity index (χ4v) is 1.47. The highest BCUT2D eigenvalue weighted by atomic mass is 19.2. The van der Waals surface area contributed by atoms with Crippen molar-refractivity contribution in [3.05, 3.63) is 34.6 Å². The molecule has 1 aromatic carbocycles. The van der Waals surface area contributed by atoms with E-state index in [1.54, 1.807) is 0 Å². The quantitative estimate of drug-likeness (QED) is 0.475. The summed E-state index contributed by atoms with van der Waals surface area (Å²) in [4.78, 5) is 0. The minimum absolute atomic E-state index is 0.415. The fourth-order valence-electron chi connectivity index (χ4n) is 1.47. The lowest BCUT2D eigenvalue weighted by Gasteiger charge is -2.06. The third kappa shape index (κ3) is 1.69. The number of H-pyrrole nitrogens is 1. The first-order valence-corrected chi connectivity index (χ1v) is 4.65. The van der Waals surface area contributed by atoms with Crippen molar-refractivity contribution in [2.75, 3.05) is 5.73 Å². The molecule has 0 spiro atoms. The highest BCUT2D eigenvalue weighted by molar-refractivity contribution is 5.73. The largest absolute Gasteiger partial charge is 0.381 e. The standard InChI is InChI=1S/C10H3F5N4/c11-4-3(5(12)7(14)8(15)6(4)13)9-2(1-16)10(17)19-18-9/h(H3,17,18,19). The van der Waals surface area contributed by atoms with Crippen LogP contribution in [0.5, 0.6) is 0 Å². The summed E-state index contributed by atoms with van der Waals surface area (Å²) in [7, 11) is 0. The molecule has 1 aromatic heterocycles. The topological polar surface area (TPSA) is 78.5 Å². The SMILES string of the molecule is N#Cc1c(N)n[nH]c1-c1c(F)c(F)c(F)c(F)c1F. The molecule has 98 valence electrons. The zero-order valence-corrected chi connectivity index (χ0v) is 8.86. The monoisotopic (exact) mass is 274 g/mol. The Kier molecular flexibility index (Phi) is 2.86. The minimum Gasteiger partial charge on any atom is -0.381 e. The van der Waals surface area contributed by atoms with Gasteiger partial charge in [0.1, 0.15) is 11.6 Å². The summed E-state index contributed by atoms with van der Waals surface area (Å²) in [5.41, 5.74) is 2.76. The normalized spacial score (nSPS) is 10.5. The van der Waals surface area contributed by atoms with Crippen molar-refractivity contribution >= 4 is 5.82 Å². The van der Waals surface area contributed by atoms with Crippen LogP contribution in [0.2, 0.25) is 0 Å². The second kappa shape index (κ2) is 4.24. The Bertz CT molecular complexity index is 687. The predicted molar refractivity (Wildman–Crippen MR) is 52.9 cm³/mol. The van der Waals surface area contributed by atoms with Crippen molar-refractivity contribution in [1.82, 2.24) is 10.2 Å². The molecule has 2 rings (SSSR count). The van der Waals surface area contributed by atoms with E-state index in [0.29, 0.717) is 0 Å². The van der Waals surface area contributed by atoms with Gasteiger partial charge in [0.2, 0.25) is 5.82 Å². The summed E-state index contributed by atoms with van der Waals surface area (Å²) in [6, 6.07) is 1.46. The number of nitrogen functional groups attached to an aromatic ring is 1. The molecule has 0 amide bonds. The van der Waals surface area contributed by atoms with Crippen LogP contribution >= 0.6 is 0 Å². The van der Waals surface area contributed by atoms with E-state index in [0.717, 1.165) is 0 Å². The summed E-state index contributed by atoms with van der Waals surface area (Å²) in [6.45, 7) is 0. The van der Waals surface area contributed by atoms with Crippen LogP contribution in [0.3, 0.4) is 0 Å². The van der Waals surface area contributed by atoms with E-state index in [1.807, 2.05) is 5.10 Å². The third-order valence-electron chi connectivity index (χ3n) is 2.37. The van der Waals surface area contributed by atoms with Gasteiger partial charge in [-0.3, -0.25) is 5.10 Å². The van der Waals surface area contributed by atoms with Gasteiger partial charge >= 0.3 is 0 Å². The Morgan fingerprint density at radius 2 is 1.42 bits per heavy atom. The number of nitrogens with one attached hydrogen (secondary N) is 1. The fraction of sp³-hybridized carbons (Fsp3) is 0. The molecule has 0 saturated heterocycles. The van der Waals surface area contributed by atoms with Crippen molar-refractivity contribution in [2.45, 2.75) is 0 Å². The molecular weight excluding hydrogens is 271 g/mol. The van der Waals surface area contributed by atoms with Gasteiger partial charge in [0.05, 0.1) is 11.3 Å². The number of benzene rings is 1. The number of anilines is 1. The number of nitrogens with two attached hydrogens (primary N) is 1. The third-order valence-corrected chi connectivity index (χ3v) is 2.37. The second-order valence-corrected chi connectivity index (χ2v) is 3.42. The van der Waals surface area contributed by atoms with E-state index in [9.17, 15) is 22.0 Å². The first kappa shape index (κ1) is 12.8. The highest BCUT2D eigenvalue weighted by Gasteiger charge is 2.29. The van der Waals surface area contributed by atoms with Gasteiger partial charge in [-0.1, -0.05) is 0 Å². The van der Waals surface area contributed by atoms with E-state index in [4.69, 9.17) is 11.0 Å².